The van der Waals surface area contributed by atoms with Crippen molar-refractivity contribution in [2.75, 3.05) is 16.8 Å². The van der Waals surface area contributed by atoms with Gasteiger partial charge in [0.15, 0.2) is 0 Å². The Bertz CT molecular complexity index is 409. The number of amides is 2. The Morgan fingerprint density at radius 1 is 1.42 bits per heavy atom. The number of thioether (sulfide) groups is 1. The summed E-state index contributed by atoms with van der Waals surface area (Å²) in [6.07, 6.45) is 0. The van der Waals surface area contributed by atoms with Gasteiger partial charge in [-0.15, -0.1) is 0 Å². The molecule has 5 heteroatoms. The standard InChI is InChI=1S/C14H23N3OS/c1-4-19-9-10(2)16-14(18)17-13-7-5-6-12(8-13)11(3)15/h5-8,10-11H,4,9,15H2,1-3H3,(H2,16,17,18). The zero-order valence-corrected chi connectivity index (χ0v) is 12.6. The van der Waals surface area contributed by atoms with Crippen molar-refractivity contribution in [3.63, 3.8) is 0 Å². The minimum absolute atomic E-state index is 0.0373. The van der Waals surface area contributed by atoms with Crippen LogP contribution in [0.1, 0.15) is 32.4 Å². The molecule has 0 saturated heterocycles. The van der Waals surface area contributed by atoms with Gasteiger partial charge in [0, 0.05) is 23.5 Å². The van der Waals surface area contributed by atoms with Gasteiger partial charge in [0.05, 0.1) is 0 Å². The molecule has 0 aromatic heterocycles. The Kier molecular flexibility index (Phi) is 6.73. The van der Waals surface area contributed by atoms with Crippen molar-refractivity contribution in [2.24, 2.45) is 5.73 Å². The van der Waals surface area contributed by atoms with Gasteiger partial charge in [-0.05, 0) is 37.3 Å². The fraction of sp³-hybridized carbons (Fsp3) is 0.500. The van der Waals surface area contributed by atoms with E-state index in [9.17, 15) is 4.79 Å². The molecule has 0 saturated carbocycles. The Morgan fingerprint density at radius 3 is 2.79 bits per heavy atom. The van der Waals surface area contributed by atoms with Crippen molar-refractivity contribution in [1.82, 2.24) is 5.32 Å². The summed E-state index contributed by atoms with van der Waals surface area (Å²) in [5.74, 6) is 1.98. The number of nitrogens with two attached hydrogens (primary N) is 1. The number of carbonyl (C=O) groups excluding carboxylic acids is 1. The molecular weight excluding hydrogens is 258 g/mol. The van der Waals surface area contributed by atoms with Crippen LogP contribution in [0.5, 0.6) is 0 Å². The molecular formula is C14H23N3OS. The maximum Gasteiger partial charge on any atom is 0.319 e. The Hall–Kier alpha value is -1.20. The highest BCUT2D eigenvalue weighted by atomic mass is 32.2. The molecule has 0 heterocycles. The minimum atomic E-state index is -0.175. The van der Waals surface area contributed by atoms with Crippen molar-refractivity contribution in [1.29, 1.82) is 0 Å². The van der Waals surface area contributed by atoms with Crippen molar-refractivity contribution < 1.29 is 4.79 Å². The molecule has 106 valence electrons. The number of nitrogens with one attached hydrogen (secondary N) is 2. The van der Waals surface area contributed by atoms with Crippen LogP contribution in [0.2, 0.25) is 0 Å². The monoisotopic (exact) mass is 281 g/mol. The van der Waals surface area contributed by atoms with Crippen LogP contribution in [0.4, 0.5) is 10.5 Å². The average Bonchev–Trinajstić information content (AvgIpc) is 2.36. The van der Waals surface area contributed by atoms with Crippen molar-refractivity contribution in [3.05, 3.63) is 29.8 Å². The van der Waals surface area contributed by atoms with Crippen LogP contribution in [-0.4, -0.2) is 23.6 Å². The van der Waals surface area contributed by atoms with Crippen LogP contribution >= 0.6 is 11.8 Å². The van der Waals surface area contributed by atoms with Gasteiger partial charge in [-0.3, -0.25) is 0 Å². The molecule has 19 heavy (non-hydrogen) atoms. The van der Waals surface area contributed by atoms with Gasteiger partial charge in [0.2, 0.25) is 0 Å². The van der Waals surface area contributed by atoms with Crippen LogP contribution in [0.15, 0.2) is 24.3 Å². The number of hydrogen-bond donors (Lipinski definition) is 3. The fourth-order valence-corrected chi connectivity index (χ4v) is 2.30. The molecule has 0 aliphatic rings. The number of urea groups is 1. The third-order valence-corrected chi connectivity index (χ3v) is 3.76. The third-order valence-electron chi connectivity index (χ3n) is 2.62. The van der Waals surface area contributed by atoms with E-state index in [0.717, 1.165) is 22.8 Å². The quantitative estimate of drug-likeness (QED) is 0.751. The summed E-state index contributed by atoms with van der Waals surface area (Å²) in [6.45, 7) is 6.03. The van der Waals surface area contributed by atoms with E-state index >= 15 is 0 Å². The zero-order chi connectivity index (χ0) is 14.3. The molecule has 0 aliphatic carbocycles. The van der Waals surface area contributed by atoms with Crippen molar-refractivity contribution in [3.8, 4) is 0 Å². The number of benzene rings is 1. The van der Waals surface area contributed by atoms with Crippen molar-refractivity contribution >= 4 is 23.5 Å². The second-order valence-corrected chi connectivity index (χ2v) is 5.89. The highest BCUT2D eigenvalue weighted by Crippen LogP contribution is 2.15. The lowest BCUT2D eigenvalue weighted by molar-refractivity contribution is 0.250. The smallest absolute Gasteiger partial charge is 0.319 e. The molecule has 0 radical (unpaired) electrons. The summed E-state index contributed by atoms with van der Waals surface area (Å²) in [6, 6.07) is 7.54. The highest BCUT2D eigenvalue weighted by molar-refractivity contribution is 7.99. The molecule has 0 aliphatic heterocycles. The summed E-state index contributed by atoms with van der Waals surface area (Å²) >= 11 is 1.81. The first-order valence-electron chi connectivity index (χ1n) is 6.53. The first kappa shape index (κ1) is 15.9. The Balaban J connectivity index is 2.50. The molecule has 1 rings (SSSR count). The molecule has 0 spiro atoms. The number of hydrogen-bond acceptors (Lipinski definition) is 3. The van der Waals surface area contributed by atoms with Crippen LogP contribution in [-0.2, 0) is 0 Å². The van der Waals surface area contributed by atoms with Gasteiger partial charge < -0.3 is 16.4 Å². The second kappa shape index (κ2) is 8.07. The van der Waals surface area contributed by atoms with E-state index in [0.29, 0.717) is 0 Å². The van der Waals surface area contributed by atoms with Crippen LogP contribution < -0.4 is 16.4 Å². The molecule has 0 fully saturated rings. The fourth-order valence-electron chi connectivity index (χ4n) is 1.63. The maximum atomic E-state index is 11.8. The lowest BCUT2D eigenvalue weighted by atomic mass is 10.1. The summed E-state index contributed by atoms with van der Waals surface area (Å²) in [5.41, 5.74) is 7.59. The molecule has 4 N–H and O–H groups in total. The van der Waals surface area contributed by atoms with Crippen molar-refractivity contribution in [2.45, 2.75) is 32.9 Å². The SMILES string of the molecule is CCSCC(C)NC(=O)Nc1cccc(C(C)N)c1. The lowest BCUT2D eigenvalue weighted by Crippen LogP contribution is -2.37. The minimum Gasteiger partial charge on any atom is -0.335 e. The van der Waals surface area contributed by atoms with Crippen LogP contribution in [0.3, 0.4) is 0 Å². The zero-order valence-electron chi connectivity index (χ0n) is 11.8. The van der Waals surface area contributed by atoms with Crippen LogP contribution in [0.25, 0.3) is 0 Å². The van der Waals surface area contributed by atoms with Gasteiger partial charge in [-0.2, -0.15) is 11.8 Å². The van der Waals surface area contributed by atoms with Gasteiger partial charge >= 0.3 is 6.03 Å². The molecule has 0 bridgehead atoms. The average molecular weight is 281 g/mol. The van der Waals surface area contributed by atoms with Crippen LogP contribution in [0, 0.1) is 0 Å². The normalized spacial score (nSPS) is 13.7. The van der Waals surface area contributed by atoms with Gasteiger partial charge in [-0.1, -0.05) is 19.1 Å². The lowest BCUT2D eigenvalue weighted by Gasteiger charge is -2.14. The topological polar surface area (TPSA) is 67.2 Å². The second-order valence-electron chi connectivity index (χ2n) is 4.57. The van der Waals surface area contributed by atoms with E-state index in [1.165, 1.54) is 0 Å². The van der Waals surface area contributed by atoms with E-state index in [1.54, 1.807) is 0 Å². The third kappa shape index (κ3) is 5.98. The molecule has 2 atom stereocenters. The molecule has 1 aromatic carbocycles. The predicted octanol–water partition coefficient (Wildman–Crippen LogP) is 2.97. The summed E-state index contributed by atoms with van der Waals surface area (Å²) in [7, 11) is 0. The van der Waals surface area contributed by atoms with E-state index in [2.05, 4.69) is 17.6 Å². The number of anilines is 1. The first-order valence-corrected chi connectivity index (χ1v) is 7.69. The number of rotatable bonds is 6. The van der Waals surface area contributed by atoms with Gasteiger partial charge in [0.25, 0.3) is 0 Å². The van der Waals surface area contributed by atoms with E-state index in [4.69, 9.17) is 5.73 Å². The van der Waals surface area contributed by atoms with E-state index < -0.39 is 0 Å². The highest BCUT2D eigenvalue weighted by Gasteiger charge is 2.08. The molecule has 2 amide bonds. The van der Waals surface area contributed by atoms with E-state index in [-0.39, 0.29) is 18.1 Å². The summed E-state index contributed by atoms with van der Waals surface area (Å²) < 4.78 is 0. The Labute approximate surface area is 119 Å². The maximum absolute atomic E-state index is 11.8. The molecule has 4 nitrogen and oxygen atoms in total. The predicted molar refractivity (Wildman–Crippen MR) is 83.7 cm³/mol. The molecule has 1 aromatic rings. The van der Waals surface area contributed by atoms with Gasteiger partial charge in [0.1, 0.15) is 0 Å². The summed E-state index contributed by atoms with van der Waals surface area (Å²) in [4.78, 5) is 11.8. The van der Waals surface area contributed by atoms with Gasteiger partial charge in [-0.25, -0.2) is 4.79 Å². The largest absolute Gasteiger partial charge is 0.335 e. The molecule has 2 unspecified atom stereocenters. The summed E-state index contributed by atoms with van der Waals surface area (Å²) in [5, 5.41) is 5.74. The first-order chi connectivity index (χ1) is 9.02. The Morgan fingerprint density at radius 2 is 2.16 bits per heavy atom. The van der Waals surface area contributed by atoms with E-state index in [1.807, 2.05) is 49.9 Å². The number of carbonyl (C=O) groups is 1.